The first-order valence-corrected chi connectivity index (χ1v) is 7.20. The second kappa shape index (κ2) is 6.51. The van der Waals surface area contributed by atoms with Crippen molar-refractivity contribution in [2.75, 3.05) is 7.11 Å². The van der Waals surface area contributed by atoms with E-state index < -0.39 is 20.7 Å². The van der Waals surface area contributed by atoms with Crippen LogP contribution in [0.3, 0.4) is 0 Å². The molecule has 0 spiro atoms. The lowest BCUT2D eigenvalue weighted by atomic mass is 10.0. The molecule has 1 aliphatic rings. The van der Waals surface area contributed by atoms with Crippen LogP contribution in [0.15, 0.2) is 0 Å². The molecular formula is C10H17IO2. The van der Waals surface area contributed by atoms with Crippen LogP contribution in [0, 0.1) is 5.92 Å². The Labute approximate surface area is 89.8 Å². The molecule has 1 fully saturated rings. The first-order chi connectivity index (χ1) is 6.33. The molecule has 0 aliphatic heterocycles. The van der Waals surface area contributed by atoms with Crippen LogP contribution in [0.4, 0.5) is 4.79 Å². The topological polar surface area (TPSA) is 26.3 Å². The highest BCUT2D eigenvalue weighted by atomic mass is 127. The van der Waals surface area contributed by atoms with Gasteiger partial charge in [0.25, 0.3) is 0 Å². The summed E-state index contributed by atoms with van der Waals surface area (Å²) in [6.07, 6.45) is 8.01. The zero-order chi connectivity index (χ0) is 9.52. The molecule has 0 atom stereocenters. The number of ether oxygens (including phenoxy) is 1. The molecule has 3 heteroatoms. The molecule has 0 aromatic rings. The second-order valence-corrected chi connectivity index (χ2v) is 5.65. The second-order valence-electron chi connectivity index (χ2n) is 3.43. The molecule has 0 N–H and O–H groups in total. The van der Waals surface area contributed by atoms with Crippen molar-refractivity contribution in [2.24, 2.45) is 5.92 Å². The van der Waals surface area contributed by atoms with Crippen LogP contribution in [0.25, 0.3) is 0 Å². The SMILES string of the molecule is COC(=O)/I=C/C1CCCCCC1. The highest BCUT2D eigenvalue weighted by molar-refractivity contribution is 14.2. The van der Waals surface area contributed by atoms with Gasteiger partial charge in [-0.3, -0.25) is 0 Å². The Morgan fingerprint density at radius 3 is 2.46 bits per heavy atom. The Balaban J connectivity index is 2.33. The monoisotopic (exact) mass is 296 g/mol. The maximum atomic E-state index is 10.9. The average molecular weight is 296 g/mol. The molecule has 0 unspecified atom stereocenters. The van der Waals surface area contributed by atoms with Crippen molar-refractivity contribution in [1.82, 2.24) is 0 Å². The van der Waals surface area contributed by atoms with Crippen LogP contribution in [0.2, 0.25) is 0 Å². The van der Waals surface area contributed by atoms with Gasteiger partial charge in [0.1, 0.15) is 0 Å². The van der Waals surface area contributed by atoms with E-state index in [0.29, 0.717) is 5.92 Å². The number of rotatable bonds is 2. The summed E-state index contributed by atoms with van der Waals surface area (Å²) in [5.74, 6) is 0.703. The van der Waals surface area contributed by atoms with Crippen molar-refractivity contribution >= 4 is 28.7 Å². The largest absolute Gasteiger partial charge is 0.462 e. The molecule has 2 nitrogen and oxygen atoms in total. The summed E-state index contributed by atoms with van der Waals surface area (Å²) in [6, 6.07) is 0. The van der Waals surface area contributed by atoms with Gasteiger partial charge in [-0.05, 0) is 22.8 Å². The summed E-state index contributed by atoms with van der Waals surface area (Å²) in [5, 5.41) is 0. The fourth-order valence-electron chi connectivity index (χ4n) is 1.62. The third kappa shape index (κ3) is 4.74. The van der Waals surface area contributed by atoms with Crippen molar-refractivity contribution in [3.8, 4) is 0 Å². The molecule has 13 heavy (non-hydrogen) atoms. The predicted molar refractivity (Wildman–Crippen MR) is 63.7 cm³/mol. The van der Waals surface area contributed by atoms with E-state index in [0.717, 1.165) is 0 Å². The van der Waals surface area contributed by atoms with E-state index in [9.17, 15) is 4.79 Å². The molecule has 76 valence electrons. The number of halogens is 1. The van der Waals surface area contributed by atoms with Crippen molar-refractivity contribution < 1.29 is 9.53 Å². The van der Waals surface area contributed by atoms with E-state index >= 15 is 0 Å². The summed E-state index contributed by atoms with van der Waals surface area (Å²) >= 11 is -0.462. The zero-order valence-electron chi connectivity index (χ0n) is 8.09. The van der Waals surface area contributed by atoms with Gasteiger partial charge in [0.2, 0.25) is 0 Å². The van der Waals surface area contributed by atoms with Crippen molar-refractivity contribution in [3.63, 3.8) is 0 Å². The van der Waals surface area contributed by atoms with Gasteiger partial charge in [-0.2, -0.15) is 0 Å². The molecule has 0 aromatic carbocycles. The standard InChI is InChI=1S/C10H17IO2/c1-13-10(12)11-8-9-6-4-2-3-5-7-9/h8-9H,2-7H2,1H3. The van der Waals surface area contributed by atoms with Gasteiger partial charge in [0.15, 0.2) is 0 Å². The first kappa shape index (κ1) is 11.1. The normalized spacial score (nSPS) is 20.7. The Morgan fingerprint density at radius 1 is 1.31 bits per heavy atom. The third-order valence-corrected chi connectivity index (χ3v) is 4.72. The Kier molecular flexibility index (Phi) is 5.58. The number of carbonyl (C=O) groups is 1. The van der Waals surface area contributed by atoms with Gasteiger partial charge in [-0.1, -0.05) is 25.7 Å². The highest BCUT2D eigenvalue weighted by Gasteiger charge is 2.09. The lowest BCUT2D eigenvalue weighted by Crippen LogP contribution is -1.99. The van der Waals surface area contributed by atoms with E-state index in [2.05, 4.69) is 8.75 Å². The smallest absolute Gasteiger partial charge is 0.360 e. The molecule has 0 amide bonds. The van der Waals surface area contributed by atoms with Gasteiger partial charge in [0, 0.05) is 20.7 Å². The van der Waals surface area contributed by atoms with Crippen molar-refractivity contribution in [1.29, 1.82) is 0 Å². The van der Waals surface area contributed by atoms with Gasteiger partial charge in [0.05, 0.1) is 7.11 Å². The first-order valence-electron chi connectivity index (χ1n) is 4.87. The molecule has 0 bridgehead atoms. The molecule has 0 heterocycles. The Morgan fingerprint density at radius 2 is 1.92 bits per heavy atom. The summed E-state index contributed by atoms with van der Waals surface area (Å²) in [5.41, 5.74) is 0. The van der Waals surface area contributed by atoms with Crippen LogP contribution >= 0.6 is 20.7 Å². The Hall–Kier alpha value is 0.0700. The van der Waals surface area contributed by atoms with Crippen LogP contribution in [-0.2, 0) is 4.74 Å². The number of methoxy groups -OCH3 is 1. The predicted octanol–water partition coefficient (Wildman–Crippen LogP) is 3.50. The highest BCUT2D eigenvalue weighted by Crippen LogP contribution is 2.23. The number of carbonyl (C=O) groups excluding carboxylic acids is 1. The van der Waals surface area contributed by atoms with Gasteiger partial charge in [-0.25, -0.2) is 4.79 Å². The van der Waals surface area contributed by atoms with Crippen molar-refractivity contribution in [2.45, 2.75) is 38.5 Å². The van der Waals surface area contributed by atoms with E-state index in [1.54, 1.807) is 0 Å². The lowest BCUT2D eigenvalue weighted by Gasteiger charge is -2.05. The third-order valence-electron chi connectivity index (χ3n) is 2.39. The van der Waals surface area contributed by atoms with E-state index in [-0.39, 0.29) is 3.98 Å². The fourth-order valence-corrected chi connectivity index (χ4v) is 3.40. The van der Waals surface area contributed by atoms with Crippen molar-refractivity contribution in [3.05, 3.63) is 0 Å². The molecule has 0 aromatic heterocycles. The summed E-state index contributed by atoms with van der Waals surface area (Å²) < 4.78 is 6.90. The quantitative estimate of drug-likeness (QED) is 0.443. The molecule has 1 saturated carbocycles. The summed E-state index contributed by atoms with van der Waals surface area (Å²) in [7, 11) is 1.48. The molecule has 0 saturated heterocycles. The zero-order valence-corrected chi connectivity index (χ0v) is 10.2. The maximum Gasteiger partial charge on any atom is 0.360 e. The molecule has 1 aliphatic carbocycles. The summed E-state index contributed by atoms with van der Waals surface area (Å²) in [4.78, 5) is 10.9. The lowest BCUT2D eigenvalue weighted by molar-refractivity contribution is 0.204. The van der Waals surface area contributed by atoms with E-state index in [1.165, 1.54) is 45.6 Å². The maximum absolute atomic E-state index is 10.9. The van der Waals surface area contributed by atoms with Gasteiger partial charge < -0.3 is 4.74 Å². The minimum Gasteiger partial charge on any atom is -0.462 e. The van der Waals surface area contributed by atoms with E-state index in [1.807, 2.05) is 0 Å². The minimum atomic E-state index is -0.462. The van der Waals surface area contributed by atoms with Crippen LogP contribution in [0.5, 0.6) is 0 Å². The summed E-state index contributed by atoms with van der Waals surface area (Å²) in [6.45, 7) is 0. The van der Waals surface area contributed by atoms with Gasteiger partial charge >= 0.3 is 3.98 Å². The Bertz CT molecular complexity index is 181. The molecule has 0 radical (unpaired) electrons. The van der Waals surface area contributed by atoms with Gasteiger partial charge in [-0.15, -0.1) is 0 Å². The average Bonchev–Trinajstić information content (AvgIpc) is 2.42. The molecule has 1 rings (SSSR count). The van der Waals surface area contributed by atoms with Crippen LogP contribution < -0.4 is 0 Å². The number of hydrogen-bond donors (Lipinski definition) is 0. The van der Waals surface area contributed by atoms with Crippen LogP contribution in [0.1, 0.15) is 38.5 Å². The molecular weight excluding hydrogens is 279 g/mol. The van der Waals surface area contributed by atoms with E-state index in [4.69, 9.17) is 0 Å². The van der Waals surface area contributed by atoms with Crippen LogP contribution in [-0.4, -0.2) is 15.1 Å². The minimum absolute atomic E-state index is 0.00282. The number of hydrogen-bond acceptors (Lipinski definition) is 2. The fraction of sp³-hybridized carbons (Fsp3) is 0.800.